The van der Waals surface area contributed by atoms with Gasteiger partial charge in [0.25, 0.3) is 0 Å². The van der Waals surface area contributed by atoms with Gasteiger partial charge in [-0.05, 0) is 18.2 Å². The minimum Gasteiger partial charge on any atom is -0.490 e. The van der Waals surface area contributed by atoms with Crippen molar-refractivity contribution in [1.82, 2.24) is 0 Å². The lowest BCUT2D eigenvalue weighted by molar-refractivity contribution is 0.196. The molecule has 0 aliphatic rings. The van der Waals surface area contributed by atoms with Crippen LogP contribution in [-0.2, 0) is 0 Å². The highest BCUT2D eigenvalue weighted by molar-refractivity contribution is 9.09. The number of halogens is 2. The summed E-state index contributed by atoms with van der Waals surface area (Å²) in [5.74, 6) is -0.308. The third-order valence-electron chi connectivity index (χ3n) is 2.04. The second-order valence-electron chi connectivity index (χ2n) is 4.34. The van der Waals surface area contributed by atoms with E-state index < -0.39 is 5.82 Å². The summed E-state index contributed by atoms with van der Waals surface area (Å²) in [6, 6.07) is 6.08. The monoisotopic (exact) mass is 285 g/mol. The Balaban J connectivity index is 2.73. The molecule has 16 heavy (non-hydrogen) atoms. The first-order valence-electron chi connectivity index (χ1n) is 4.87. The zero-order valence-electron chi connectivity index (χ0n) is 9.26. The topological polar surface area (TPSA) is 33.0 Å². The highest BCUT2D eigenvalue weighted by atomic mass is 79.9. The zero-order valence-corrected chi connectivity index (χ0v) is 10.8. The van der Waals surface area contributed by atoms with Crippen LogP contribution in [0.3, 0.4) is 0 Å². The Morgan fingerprint density at radius 3 is 2.69 bits per heavy atom. The lowest BCUT2D eigenvalue weighted by Crippen LogP contribution is -2.23. The van der Waals surface area contributed by atoms with Crippen molar-refractivity contribution in [2.45, 2.75) is 13.8 Å². The maximum absolute atomic E-state index is 13.4. The molecule has 86 valence electrons. The van der Waals surface area contributed by atoms with Gasteiger partial charge in [0.15, 0.2) is 11.6 Å². The first-order chi connectivity index (χ1) is 7.48. The summed E-state index contributed by atoms with van der Waals surface area (Å²) in [5.41, 5.74) is 0.241. The van der Waals surface area contributed by atoms with E-state index in [4.69, 9.17) is 10.00 Å². The van der Waals surface area contributed by atoms with Gasteiger partial charge in [0.2, 0.25) is 0 Å². The van der Waals surface area contributed by atoms with Gasteiger partial charge in [-0.25, -0.2) is 4.39 Å². The Labute approximate surface area is 103 Å². The van der Waals surface area contributed by atoms with Crippen molar-refractivity contribution in [1.29, 1.82) is 5.26 Å². The normalized spacial score (nSPS) is 10.9. The molecule has 1 rings (SSSR count). The van der Waals surface area contributed by atoms with Crippen LogP contribution >= 0.6 is 15.9 Å². The fraction of sp³-hybridized carbons (Fsp3) is 0.417. The van der Waals surface area contributed by atoms with E-state index in [-0.39, 0.29) is 11.2 Å². The summed E-state index contributed by atoms with van der Waals surface area (Å²) in [4.78, 5) is 0. The summed E-state index contributed by atoms with van der Waals surface area (Å²) in [6.07, 6.45) is 0. The molecule has 0 aromatic heterocycles. The number of alkyl halides is 1. The van der Waals surface area contributed by atoms with Gasteiger partial charge in [-0.1, -0.05) is 29.8 Å². The fourth-order valence-corrected chi connectivity index (χ4v) is 1.16. The molecule has 0 aliphatic carbocycles. The summed E-state index contributed by atoms with van der Waals surface area (Å²) in [6.45, 7) is 4.45. The molecular formula is C12H13BrFNO. The largest absolute Gasteiger partial charge is 0.490 e. The molecule has 0 amide bonds. The minimum atomic E-state index is -0.496. The van der Waals surface area contributed by atoms with Crippen LogP contribution in [0.15, 0.2) is 18.2 Å². The van der Waals surface area contributed by atoms with Gasteiger partial charge < -0.3 is 4.74 Å². The average molecular weight is 286 g/mol. The van der Waals surface area contributed by atoms with Crippen molar-refractivity contribution >= 4 is 15.9 Å². The third kappa shape index (κ3) is 3.49. The van der Waals surface area contributed by atoms with Crippen molar-refractivity contribution in [3.63, 3.8) is 0 Å². The molecule has 0 saturated carbocycles. The van der Waals surface area contributed by atoms with Crippen LogP contribution in [0.4, 0.5) is 4.39 Å². The van der Waals surface area contributed by atoms with E-state index in [2.05, 4.69) is 15.9 Å². The van der Waals surface area contributed by atoms with Crippen LogP contribution in [0.2, 0.25) is 0 Å². The number of rotatable bonds is 4. The number of nitrogens with zero attached hydrogens (tertiary/aromatic N) is 1. The fourth-order valence-electron chi connectivity index (χ4n) is 0.999. The van der Waals surface area contributed by atoms with Gasteiger partial charge in [-0.2, -0.15) is 5.26 Å². The van der Waals surface area contributed by atoms with E-state index >= 15 is 0 Å². The van der Waals surface area contributed by atoms with Crippen molar-refractivity contribution in [3.05, 3.63) is 29.6 Å². The molecule has 0 spiro atoms. The molecule has 0 bridgehead atoms. The molecule has 0 fully saturated rings. The van der Waals surface area contributed by atoms with E-state index in [1.165, 1.54) is 12.1 Å². The minimum absolute atomic E-state index is 0.0552. The Kier molecular flexibility index (Phi) is 4.31. The van der Waals surface area contributed by atoms with Crippen LogP contribution in [0.5, 0.6) is 5.75 Å². The van der Waals surface area contributed by atoms with Gasteiger partial charge in [0.1, 0.15) is 0 Å². The van der Waals surface area contributed by atoms with Gasteiger partial charge in [0, 0.05) is 10.7 Å². The highest BCUT2D eigenvalue weighted by Crippen LogP contribution is 2.23. The van der Waals surface area contributed by atoms with E-state index in [1.54, 1.807) is 6.07 Å². The van der Waals surface area contributed by atoms with Crippen molar-refractivity contribution in [2.24, 2.45) is 5.41 Å². The Morgan fingerprint density at radius 1 is 1.50 bits per heavy atom. The quantitative estimate of drug-likeness (QED) is 0.794. The Hall–Kier alpha value is -1.08. The van der Waals surface area contributed by atoms with E-state index in [0.717, 1.165) is 5.33 Å². The van der Waals surface area contributed by atoms with Crippen LogP contribution in [0.25, 0.3) is 0 Å². The second kappa shape index (κ2) is 5.31. The van der Waals surface area contributed by atoms with Crippen LogP contribution in [0, 0.1) is 22.6 Å². The number of benzene rings is 1. The van der Waals surface area contributed by atoms with Gasteiger partial charge >= 0.3 is 0 Å². The first-order valence-corrected chi connectivity index (χ1v) is 5.99. The van der Waals surface area contributed by atoms with Crippen LogP contribution < -0.4 is 4.74 Å². The van der Waals surface area contributed by atoms with Crippen molar-refractivity contribution in [2.75, 3.05) is 11.9 Å². The third-order valence-corrected chi connectivity index (χ3v) is 3.56. The van der Waals surface area contributed by atoms with Gasteiger partial charge in [0.05, 0.1) is 18.2 Å². The molecule has 2 nitrogen and oxygen atoms in total. The molecule has 0 saturated heterocycles. The zero-order chi connectivity index (χ0) is 12.2. The molecule has 1 aromatic carbocycles. The van der Waals surface area contributed by atoms with E-state index in [0.29, 0.717) is 12.2 Å². The average Bonchev–Trinajstić information content (AvgIpc) is 2.27. The smallest absolute Gasteiger partial charge is 0.166 e. The lowest BCUT2D eigenvalue weighted by Gasteiger charge is -2.21. The summed E-state index contributed by atoms with van der Waals surface area (Å²) >= 11 is 3.37. The number of hydrogen-bond donors (Lipinski definition) is 0. The predicted octanol–water partition coefficient (Wildman–Crippen LogP) is 3.50. The SMILES string of the molecule is CC(C)(CBr)COc1ccc(C#N)cc1F. The van der Waals surface area contributed by atoms with E-state index in [9.17, 15) is 4.39 Å². The summed E-state index contributed by atoms with van der Waals surface area (Å²) < 4.78 is 18.8. The molecule has 0 heterocycles. The standard InChI is InChI=1S/C12H13BrFNO/c1-12(2,7-13)8-16-11-4-3-9(6-15)5-10(11)14/h3-5H,7-8H2,1-2H3. The van der Waals surface area contributed by atoms with Crippen LogP contribution in [-0.4, -0.2) is 11.9 Å². The first kappa shape index (κ1) is 13.0. The summed E-state index contributed by atoms with van der Waals surface area (Å²) in [7, 11) is 0. The summed E-state index contributed by atoms with van der Waals surface area (Å²) in [5, 5.41) is 9.36. The van der Waals surface area contributed by atoms with Crippen molar-refractivity contribution < 1.29 is 9.13 Å². The maximum atomic E-state index is 13.4. The molecule has 4 heteroatoms. The number of ether oxygens (including phenoxy) is 1. The van der Waals surface area contributed by atoms with Gasteiger partial charge in [-0.3, -0.25) is 0 Å². The molecular weight excluding hydrogens is 273 g/mol. The molecule has 1 aromatic rings. The predicted molar refractivity (Wildman–Crippen MR) is 64.2 cm³/mol. The number of nitriles is 1. The number of hydrogen-bond acceptors (Lipinski definition) is 2. The molecule has 0 unspecified atom stereocenters. The Morgan fingerprint density at radius 2 is 2.19 bits per heavy atom. The van der Waals surface area contributed by atoms with E-state index in [1.807, 2.05) is 19.9 Å². The molecule has 0 atom stereocenters. The Bertz CT molecular complexity index is 412. The molecule has 0 aliphatic heterocycles. The maximum Gasteiger partial charge on any atom is 0.166 e. The molecule has 0 N–H and O–H groups in total. The van der Waals surface area contributed by atoms with Crippen LogP contribution in [0.1, 0.15) is 19.4 Å². The second-order valence-corrected chi connectivity index (χ2v) is 4.90. The molecule has 0 radical (unpaired) electrons. The van der Waals surface area contributed by atoms with Crippen molar-refractivity contribution in [3.8, 4) is 11.8 Å². The highest BCUT2D eigenvalue weighted by Gasteiger charge is 2.18. The lowest BCUT2D eigenvalue weighted by atomic mass is 9.98. The van der Waals surface area contributed by atoms with Gasteiger partial charge in [-0.15, -0.1) is 0 Å².